The number of likely N-dealkylation sites (tertiary alicyclic amines) is 1. The molecule has 3 aliphatic rings. The number of halogens is 1. The standard InChI is InChI=1S/C27H36ClN7O4/c1-26(2,3)39-25(38)30-20-8-9-21(34-14-6-7-18(16-34)23(36)33-12-4-5-13-33)31-22(20)32-24(37)27(10-11-27)35-17-19(28)15-29-35/h8-9,15,17-18H,4-7,10-14,16H2,1-3H3,(H,30,38)(H,31,32,37)/t18-/m1/s1. The summed E-state index contributed by atoms with van der Waals surface area (Å²) in [6.45, 7) is 8.30. The van der Waals surface area contributed by atoms with Crippen molar-refractivity contribution in [3.63, 3.8) is 0 Å². The Labute approximate surface area is 233 Å². The van der Waals surface area contributed by atoms with Crippen LogP contribution in [0.2, 0.25) is 5.02 Å². The number of pyridine rings is 1. The minimum atomic E-state index is -0.855. The van der Waals surface area contributed by atoms with Gasteiger partial charge in [0.1, 0.15) is 17.0 Å². The number of hydrogen-bond donors (Lipinski definition) is 2. The van der Waals surface area contributed by atoms with Crippen molar-refractivity contribution in [2.24, 2.45) is 5.92 Å². The second-order valence-corrected chi connectivity index (χ2v) is 12.0. The van der Waals surface area contributed by atoms with Gasteiger partial charge in [-0.05, 0) is 71.4 Å². The Morgan fingerprint density at radius 2 is 1.82 bits per heavy atom. The van der Waals surface area contributed by atoms with Crippen molar-refractivity contribution in [1.29, 1.82) is 0 Å². The van der Waals surface area contributed by atoms with Crippen LogP contribution in [-0.2, 0) is 19.9 Å². The lowest BCUT2D eigenvalue weighted by molar-refractivity contribution is -0.134. The van der Waals surface area contributed by atoms with Gasteiger partial charge in [0.05, 0.1) is 22.8 Å². The van der Waals surface area contributed by atoms with Crippen LogP contribution in [0, 0.1) is 5.92 Å². The third kappa shape index (κ3) is 6.13. The van der Waals surface area contributed by atoms with E-state index in [-0.39, 0.29) is 23.6 Å². The fraction of sp³-hybridized carbons (Fsp3) is 0.593. The van der Waals surface area contributed by atoms with Gasteiger partial charge in [-0.15, -0.1) is 0 Å². The first-order valence-electron chi connectivity index (χ1n) is 13.6. The number of nitrogens with zero attached hydrogens (tertiary/aromatic N) is 5. The maximum absolute atomic E-state index is 13.5. The highest BCUT2D eigenvalue weighted by molar-refractivity contribution is 6.30. The topological polar surface area (TPSA) is 122 Å². The number of aromatic nitrogens is 3. The number of rotatable bonds is 6. The minimum Gasteiger partial charge on any atom is -0.444 e. The Balaban J connectivity index is 1.38. The lowest BCUT2D eigenvalue weighted by Crippen LogP contribution is -2.44. The van der Waals surface area contributed by atoms with Gasteiger partial charge in [-0.25, -0.2) is 9.78 Å². The SMILES string of the molecule is CC(C)(C)OC(=O)Nc1ccc(N2CCC[C@@H](C(=O)N3CCCC3)C2)nc1NC(=O)C1(n2cc(Cl)cn2)CC1. The molecule has 39 heavy (non-hydrogen) atoms. The van der Waals surface area contributed by atoms with E-state index in [1.807, 2.05) is 4.90 Å². The third-order valence-electron chi connectivity index (χ3n) is 7.40. The molecule has 11 nitrogen and oxygen atoms in total. The first-order valence-corrected chi connectivity index (χ1v) is 14.0. The molecule has 2 aromatic heterocycles. The number of carbonyl (C=O) groups excluding carboxylic acids is 3. The van der Waals surface area contributed by atoms with Gasteiger partial charge in [0.25, 0.3) is 5.91 Å². The summed E-state index contributed by atoms with van der Waals surface area (Å²) >= 11 is 6.06. The lowest BCUT2D eigenvalue weighted by atomic mass is 9.96. The Bertz CT molecular complexity index is 1250. The summed E-state index contributed by atoms with van der Waals surface area (Å²) in [5.41, 5.74) is -1.23. The molecule has 3 amide bonds. The van der Waals surface area contributed by atoms with E-state index < -0.39 is 17.2 Å². The van der Waals surface area contributed by atoms with Crippen molar-refractivity contribution in [3.05, 3.63) is 29.5 Å². The number of nitrogens with one attached hydrogen (secondary N) is 2. The van der Waals surface area contributed by atoms with E-state index in [1.54, 1.807) is 43.8 Å². The molecule has 4 heterocycles. The largest absolute Gasteiger partial charge is 0.444 e. The average Bonchev–Trinajstić information content (AvgIpc) is 3.28. The fourth-order valence-electron chi connectivity index (χ4n) is 5.25. The number of ether oxygens (including phenoxy) is 1. The molecule has 3 fully saturated rings. The van der Waals surface area contributed by atoms with Crippen LogP contribution in [0.4, 0.5) is 22.1 Å². The van der Waals surface area contributed by atoms with Crippen LogP contribution >= 0.6 is 11.6 Å². The van der Waals surface area contributed by atoms with E-state index in [4.69, 9.17) is 21.3 Å². The summed E-state index contributed by atoms with van der Waals surface area (Å²) in [5, 5.41) is 10.3. The number of amides is 3. The Morgan fingerprint density at radius 1 is 1.08 bits per heavy atom. The highest BCUT2D eigenvalue weighted by Gasteiger charge is 2.53. The molecule has 5 rings (SSSR count). The smallest absolute Gasteiger partial charge is 0.412 e. The molecule has 1 saturated carbocycles. The third-order valence-corrected chi connectivity index (χ3v) is 7.59. The molecule has 2 saturated heterocycles. The second-order valence-electron chi connectivity index (χ2n) is 11.6. The summed E-state index contributed by atoms with van der Waals surface area (Å²) in [6.07, 6.45) is 7.54. The molecular formula is C27H36ClN7O4. The molecular weight excluding hydrogens is 522 g/mol. The fourth-order valence-corrected chi connectivity index (χ4v) is 5.39. The molecule has 12 heteroatoms. The van der Waals surface area contributed by atoms with Gasteiger partial charge >= 0.3 is 6.09 Å². The summed E-state index contributed by atoms with van der Waals surface area (Å²) in [7, 11) is 0. The van der Waals surface area contributed by atoms with Crippen molar-refractivity contribution < 1.29 is 19.1 Å². The predicted molar refractivity (Wildman–Crippen MR) is 148 cm³/mol. The van der Waals surface area contributed by atoms with E-state index >= 15 is 0 Å². The molecule has 0 bridgehead atoms. The van der Waals surface area contributed by atoms with Crippen LogP contribution in [-0.4, -0.2) is 69.4 Å². The monoisotopic (exact) mass is 557 g/mol. The Kier molecular flexibility index (Phi) is 7.45. The van der Waals surface area contributed by atoms with Gasteiger partial charge in [-0.3, -0.25) is 19.6 Å². The lowest BCUT2D eigenvalue weighted by Gasteiger charge is -2.35. The quantitative estimate of drug-likeness (QED) is 0.544. The van der Waals surface area contributed by atoms with Crippen LogP contribution in [0.15, 0.2) is 24.5 Å². The number of carbonyl (C=O) groups is 3. The number of piperidine rings is 1. The molecule has 1 atom stereocenters. The highest BCUT2D eigenvalue weighted by Crippen LogP contribution is 2.44. The van der Waals surface area contributed by atoms with Gasteiger partial charge in [0.15, 0.2) is 5.82 Å². The maximum atomic E-state index is 13.5. The Hall–Kier alpha value is -3.34. The van der Waals surface area contributed by atoms with Crippen molar-refractivity contribution in [2.75, 3.05) is 41.7 Å². The minimum absolute atomic E-state index is 0.0875. The van der Waals surface area contributed by atoms with Crippen molar-refractivity contribution in [1.82, 2.24) is 19.7 Å². The molecule has 0 radical (unpaired) electrons. The molecule has 2 aliphatic heterocycles. The summed E-state index contributed by atoms with van der Waals surface area (Å²) in [5.74, 6) is 0.671. The molecule has 1 aliphatic carbocycles. The molecule has 0 aromatic carbocycles. The number of hydrogen-bond acceptors (Lipinski definition) is 7. The summed E-state index contributed by atoms with van der Waals surface area (Å²) < 4.78 is 7.00. The van der Waals surface area contributed by atoms with Crippen LogP contribution in [0.5, 0.6) is 0 Å². The van der Waals surface area contributed by atoms with E-state index in [1.165, 1.54) is 6.20 Å². The van der Waals surface area contributed by atoms with E-state index in [0.717, 1.165) is 45.3 Å². The number of anilines is 3. The van der Waals surface area contributed by atoms with Crippen LogP contribution < -0.4 is 15.5 Å². The average molecular weight is 558 g/mol. The second kappa shape index (κ2) is 10.7. The summed E-state index contributed by atoms with van der Waals surface area (Å²) in [6, 6.07) is 3.50. The van der Waals surface area contributed by atoms with E-state index in [0.29, 0.717) is 35.9 Å². The van der Waals surface area contributed by atoms with Crippen LogP contribution in [0.3, 0.4) is 0 Å². The zero-order chi connectivity index (χ0) is 27.8. The van der Waals surface area contributed by atoms with Crippen molar-refractivity contribution in [3.8, 4) is 0 Å². The maximum Gasteiger partial charge on any atom is 0.412 e. The summed E-state index contributed by atoms with van der Waals surface area (Å²) in [4.78, 5) is 47.9. The van der Waals surface area contributed by atoms with E-state index in [9.17, 15) is 14.4 Å². The molecule has 0 spiro atoms. The molecule has 2 aromatic rings. The van der Waals surface area contributed by atoms with Crippen molar-refractivity contribution >= 4 is 46.8 Å². The zero-order valence-corrected chi connectivity index (χ0v) is 23.5. The van der Waals surface area contributed by atoms with Crippen molar-refractivity contribution in [2.45, 2.75) is 70.4 Å². The van der Waals surface area contributed by atoms with Gasteiger partial charge in [0, 0.05) is 32.4 Å². The first kappa shape index (κ1) is 27.2. The van der Waals surface area contributed by atoms with Gasteiger partial charge < -0.3 is 19.9 Å². The highest BCUT2D eigenvalue weighted by atomic mass is 35.5. The Morgan fingerprint density at radius 3 is 2.46 bits per heavy atom. The van der Waals surface area contributed by atoms with Gasteiger partial charge in [0.2, 0.25) is 5.91 Å². The normalized spacial score (nSPS) is 20.5. The molecule has 2 N–H and O–H groups in total. The molecule has 0 unspecified atom stereocenters. The van der Waals surface area contributed by atoms with E-state index in [2.05, 4.69) is 20.6 Å². The predicted octanol–water partition coefficient (Wildman–Crippen LogP) is 4.25. The molecule has 210 valence electrons. The van der Waals surface area contributed by atoms with Gasteiger partial charge in [-0.1, -0.05) is 11.6 Å². The first-order chi connectivity index (χ1) is 18.5. The van der Waals surface area contributed by atoms with Crippen LogP contribution in [0.25, 0.3) is 0 Å². The zero-order valence-electron chi connectivity index (χ0n) is 22.7. The van der Waals surface area contributed by atoms with Gasteiger partial charge in [-0.2, -0.15) is 5.10 Å². The van der Waals surface area contributed by atoms with Crippen LogP contribution in [0.1, 0.15) is 59.3 Å².